The Kier molecular flexibility index (Phi) is 6.34. The molecular formula is C22H27N7O. The second-order valence-electron chi connectivity index (χ2n) is 7.50. The molecule has 0 radical (unpaired) electrons. The van der Waals surface area contributed by atoms with Gasteiger partial charge in [-0.2, -0.15) is 4.68 Å². The number of para-hydroxylation sites is 1. The lowest BCUT2D eigenvalue weighted by Crippen LogP contribution is -2.48. The van der Waals surface area contributed by atoms with Crippen LogP contribution in [0.5, 0.6) is 0 Å². The van der Waals surface area contributed by atoms with E-state index in [2.05, 4.69) is 30.6 Å². The van der Waals surface area contributed by atoms with E-state index in [1.54, 1.807) is 4.68 Å². The van der Waals surface area contributed by atoms with Crippen molar-refractivity contribution in [3.63, 3.8) is 0 Å². The average molecular weight is 406 g/mol. The number of hydrogen-bond acceptors (Lipinski definition) is 6. The minimum atomic E-state index is 0.0207. The molecule has 30 heavy (non-hydrogen) atoms. The van der Waals surface area contributed by atoms with Crippen LogP contribution in [-0.2, 0) is 4.79 Å². The molecule has 1 saturated heterocycles. The SMILES string of the molecule is CC(NC(=O)CCN1CCN(c2nnnn2-c2ccccc2)CC1)c1ccccc1. The molecule has 0 aliphatic carbocycles. The zero-order valence-electron chi connectivity index (χ0n) is 17.2. The maximum Gasteiger partial charge on any atom is 0.250 e. The number of carbonyl (C=O) groups is 1. The summed E-state index contributed by atoms with van der Waals surface area (Å²) < 4.78 is 1.77. The van der Waals surface area contributed by atoms with E-state index in [4.69, 9.17) is 0 Å². The van der Waals surface area contributed by atoms with E-state index in [1.807, 2.05) is 67.6 Å². The average Bonchev–Trinajstić information content (AvgIpc) is 3.29. The molecule has 1 unspecified atom stereocenters. The first-order chi connectivity index (χ1) is 14.7. The molecule has 1 fully saturated rings. The van der Waals surface area contributed by atoms with Crippen molar-refractivity contribution in [1.82, 2.24) is 30.4 Å². The smallest absolute Gasteiger partial charge is 0.250 e. The van der Waals surface area contributed by atoms with Gasteiger partial charge in [-0.3, -0.25) is 9.69 Å². The molecular weight excluding hydrogens is 378 g/mol. The van der Waals surface area contributed by atoms with Crippen molar-refractivity contribution in [2.24, 2.45) is 0 Å². The van der Waals surface area contributed by atoms with E-state index in [-0.39, 0.29) is 11.9 Å². The van der Waals surface area contributed by atoms with E-state index in [9.17, 15) is 4.79 Å². The first-order valence-electron chi connectivity index (χ1n) is 10.4. The Balaban J connectivity index is 1.25. The predicted molar refractivity (Wildman–Crippen MR) is 115 cm³/mol. The number of anilines is 1. The molecule has 2 aromatic carbocycles. The summed E-state index contributed by atoms with van der Waals surface area (Å²) in [5.74, 6) is 0.845. The third-order valence-electron chi connectivity index (χ3n) is 5.44. The van der Waals surface area contributed by atoms with E-state index in [0.717, 1.165) is 49.9 Å². The van der Waals surface area contributed by atoms with Crippen LogP contribution in [0, 0.1) is 0 Å². The van der Waals surface area contributed by atoms with Gasteiger partial charge in [-0.15, -0.1) is 0 Å². The Morgan fingerprint density at radius 1 is 1.00 bits per heavy atom. The molecule has 1 amide bonds. The van der Waals surface area contributed by atoms with Crippen molar-refractivity contribution in [2.45, 2.75) is 19.4 Å². The fraction of sp³-hybridized carbons (Fsp3) is 0.364. The molecule has 1 aliphatic heterocycles. The molecule has 8 nitrogen and oxygen atoms in total. The number of benzene rings is 2. The van der Waals surface area contributed by atoms with E-state index in [0.29, 0.717) is 6.42 Å². The predicted octanol–water partition coefficient (Wildman–Crippen LogP) is 2.05. The molecule has 0 saturated carbocycles. The number of nitrogens with one attached hydrogen (secondary N) is 1. The van der Waals surface area contributed by atoms with E-state index in [1.165, 1.54) is 0 Å². The van der Waals surface area contributed by atoms with Crippen molar-refractivity contribution in [3.05, 3.63) is 66.2 Å². The highest BCUT2D eigenvalue weighted by atomic mass is 16.1. The number of hydrogen-bond donors (Lipinski definition) is 1. The van der Waals surface area contributed by atoms with Crippen molar-refractivity contribution >= 4 is 11.9 Å². The number of tetrazole rings is 1. The summed E-state index contributed by atoms with van der Waals surface area (Å²) in [7, 11) is 0. The van der Waals surface area contributed by atoms with Gasteiger partial charge in [-0.05, 0) is 35.0 Å². The molecule has 4 rings (SSSR count). The summed E-state index contributed by atoms with van der Waals surface area (Å²) in [4.78, 5) is 16.9. The summed E-state index contributed by atoms with van der Waals surface area (Å²) >= 11 is 0. The topological polar surface area (TPSA) is 79.2 Å². The van der Waals surface area contributed by atoms with Gasteiger partial charge < -0.3 is 10.2 Å². The number of nitrogens with zero attached hydrogens (tertiary/aromatic N) is 6. The number of aromatic nitrogens is 4. The molecule has 3 aromatic rings. The van der Waals surface area contributed by atoms with Crippen molar-refractivity contribution in [2.75, 3.05) is 37.6 Å². The molecule has 0 spiro atoms. The van der Waals surface area contributed by atoms with Gasteiger partial charge in [0.2, 0.25) is 11.9 Å². The van der Waals surface area contributed by atoms with Crippen molar-refractivity contribution in [3.8, 4) is 5.69 Å². The lowest BCUT2D eigenvalue weighted by Gasteiger charge is -2.34. The third-order valence-corrected chi connectivity index (χ3v) is 5.44. The maximum absolute atomic E-state index is 12.3. The zero-order valence-corrected chi connectivity index (χ0v) is 17.2. The molecule has 1 aromatic heterocycles. The second-order valence-corrected chi connectivity index (χ2v) is 7.50. The quantitative estimate of drug-likeness (QED) is 0.648. The minimum absolute atomic E-state index is 0.0207. The monoisotopic (exact) mass is 405 g/mol. The van der Waals surface area contributed by atoms with Gasteiger partial charge in [0.15, 0.2) is 0 Å². The number of carbonyl (C=O) groups excluding carboxylic acids is 1. The normalized spacial score (nSPS) is 15.7. The molecule has 1 atom stereocenters. The number of piperazine rings is 1. The number of rotatable bonds is 7. The molecule has 156 valence electrons. The highest BCUT2D eigenvalue weighted by molar-refractivity contribution is 5.76. The molecule has 2 heterocycles. The van der Waals surface area contributed by atoms with Gasteiger partial charge in [0.05, 0.1) is 11.7 Å². The minimum Gasteiger partial charge on any atom is -0.350 e. The van der Waals surface area contributed by atoms with Crippen LogP contribution in [0.2, 0.25) is 0 Å². The highest BCUT2D eigenvalue weighted by Gasteiger charge is 2.22. The van der Waals surface area contributed by atoms with E-state index >= 15 is 0 Å². The Labute approximate surface area is 176 Å². The second kappa shape index (κ2) is 9.49. The number of amides is 1. The first kappa shape index (κ1) is 20.0. The lowest BCUT2D eigenvalue weighted by molar-refractivity contribution is -0.122. The van der Waals surface area contributed by atoms with Crippen LogP contribution < -0.4 is 10.2 Å². The summed E-state index contributed by atoms with van der Waals surface area (Å²) in [6.45, 7) is 6.19. The maximum atomic E-state index is 12.3. The Hall–Kier alpha value is -3.26. The van der Waals surface area contributed by atoms with Crippen molar-refractivity contribution < 1.29 is 4.79 Å². The molecule has 0 bridgehead atoms. The van der Waals surface area contributed by atoms with Crippen LogP contribution in [0.15, 0.2) is 60.7 Å². The van der Waals surface area contributed by atoms with Gasteiger partial charge in [-0.1, -0.05) is 53.6 Å². The summed E-state index contributed by atoms with van der Waals surface area (Å²) in [5, 5.41) is 15.3. The molecule has 1 N–H and O–H groups in total. The Morgan fingerprint density at radius 3 is 2.37 bits per heavy atom. The first-order valence-corrected chi connectivity index (χ1v) is 10.4. The van der Waals surface area contributed by atoms with E-state index < -0.39 is 0 Å². The van der Waals surface area contributed by atoms with Crippen LogP contribution in [-0.4, -0.2) is 63.7 Å². The molecule has 8 heteroatoms. The lowest BCUT2D eigenvalue weighted by atomic mass is 10.1. The Bertz CT molecular complexity index is 936. The van der Waals surface area contributed by atoms with Crippen LogP contribution in [0.25, 0.3) is 5.69 Å². The van der Waals surface area contributed by atoms with Crippen LogP contribution in [0.1, 0.15) is 24.9 Å². The van der Waals surface area contributed by atoms with Crippen molar-refractivity contribution in [1.29, 1.82) is 0 Å². The summed E-state index contributed by atoms with van der Waals surface area (Å²) in [5.41, 5.74) is 2.07. The standard InChI is InChI=1S/C22H27N7O/c1-18(19-8-4-2-5-9-19)23-21(30)12-13-27-14-16-28(17-15-27)22-24-25-26-29(22)20-10-6-3-7-11-20/h2-11,18H,12-17H2,1H3,(H,23,30). The summed E-state index contributed by atoms with van der Waals surface area (Å²) in [6.07, 6.45) is 0.499. The van der Waals surface area contributed by atoms with Gasteiger partial charge >= 0.3 is 0 Å². The summed E-state index contributed by atoms with van der Waals surface area (Å²) in [6, 6.07) is 20.0. The largest absolute Gasteiger partial charge is 0.350 e. The van der Waals surface area contributed by atoms with Gasteiger partial charge in [-0.25, -0.2) is 0 Å². The fourth-order valence-corrected chi connectivity index (χ4v) is 3.69. The molecule has 1 aliphatic rings. The Morgan fingerprint density at radius 2 is 1.67 bits per heavy atom. The van der Waals surface area contributed by atoms with Gasteiger partial charge in [0, 0.05) is 39.1 Å². The van der Waals surface area contributed by atoms with Crippen LogP contribution >= 0.6 is 0 Å². The van der Waals surface area contributed by atoms with Crippen LogP contribution in [0.4, 0.5) is 5.95 Å². The third kappa shape index (κ3) is 4.83. The fourth-order valence-electron chi connectivity index (χ4n) is 3.69. The highest BCUT2D eigenvalue weighted by Crippen LogP contribution is 2.17. The van der Waals surface area contributed by atoms with Gasteiger partial charge in [0.25, 0.3) is 0 Å². The van der Waals surface area contributed by atoms with Crippen LogP contribution in [0.3, 0.4) is 0 Å². The zero-order chi connectivity index (χ0) is 20.8. The van der Waals surface area contributed by atoms with Gasteiger partial charge in [0.1, 0.15) is 0 Å².